The van der Waals surface area contributed by atoms with Crippen molar-refractivity contribution in [2.75, 3.05) is 0 Å². The van der Waals surface area contributed by atoms with Crippen LogP contribution in [0.3, 0.4) is 0 Å². The van der Waals surface area contributed by atoms with Crippen molar-refractivity contribution in [1.82, 2.24) is 10.8 Å². The molecule has 106 valence electrons. The van der Waals surface area contributed by atoms with Crippen LogP contribution in [0.4, 0.5) is 0 Å². The summed E-state index contributed by atoms with van der Waals surface area (Å²) in [6, 6.07) is 1.36. The van der Waals surface area contributed by atoms with E-state index in [0.29, 0.717) is 0 Å². The lowest BCUT2D eigenvalue weighted by molar-refractivity contribution is -0.129. The van der Waals surface area contributed by atoms with Crippen LogP contribution < -0.4 is 10.8 Å². The van der Waals surface area contributed by atoms with Crippen LogP contribution in [0, 0.1) is 5.41 Å². The molecule has 0 aliphatic carbocycles. The molecule has 0 aliphatic rings. The zero-order valence-corrected chi connectivity index (χ0v) is 12.8. The minimum Gasteiger partial charge on any atom is -0.348 e. The third-order valence-corrected chi connectivity index (χ3v) is 4.20. The van der Waals surface area contributed by atoms with Crippen LogP contribution in [0.15, 0.2) is 6.07 Å². The Bertz CT molecular complexity index is 494. The number of hydroxylamine groups is 1. The van der Waals surface area contributed by atoms with Crippen LogP contribution in [0.25, 0.3) is 0 Å². The van der Waals surface area contributed by atoms with E-state index in [4.69, 9.17) is 16.8 Å². The van der Waals surface area contributed by atoms with Crippen molar-refractivity contribution in [3.8, 4) is 0 Å². The zero-order valence-electron chi connectivity index (χ0n) is 11.2. The monoisotopic (exact) mass is 304 g/mol. The second kappa shape index (κ2) is 5.90. The predicted octanol–water partition coefficient (Wildman–Crippen LogP) is 2.74. The van der Waals surface area contributed by atoms with Crippen molar-refractivity contribution in [1.29, 1.82) is 0 Å². The van der Waals surface area contributed by atoms with E-state index in [1.54, 1.807) is 6.07 Å². The maximum absolute atomic E-state index is 11.9. The van der Waals surface area contributed by atoms with Crippen molar-refractivity contribution in [3.05, 3.63) is 20.8 Å². The maximum atomic E-state index is 11.9. The highest BCUT2D eigenvalue weighted by Gasteiger charge is 2.24. The number of hydrogen-bond acceptors (Lipinski definition) is 4. The molecule has 0 saturated heterocycles. The Morgan fingerprint density at radius 3 is 2.47 bits per heavy atom. The molecule has 0 saturated carbocycles. The number of thiophene rings is 1. The number of carbonyl (C=O) groups is 2. The molecule has 5 nitrogen and oxygen atoms in total. The van der Waals surface area contributed by atoms with Gasteiger partial charge in [0, 0.05) is 10.3 Å². The van der Waals surface area contributed by atoms with E-state index in [2.05, 4.69) is 5.32 Å². The van der Waals surface area contributed by atoms with E-state index < -0.39 is 11.3 Å². The molecule has 0 aliphatic heterocycles. The molecule has 0 aromatic carbocycles. The molecule has 2 amide bonds. The van der Waals surface area contributed by atoms with Gasteiger partial charge < -0.3 is 5.32 Å². The van der Waals surface area contributed by atoms with Gasteiger partial charge in [-0.2, -0.15) is 0 Å². The first kappa shape index (κ1) is 15.9. The minimum atomic E-state index is -0.657. The number of amides is 2. The molecule has 1 heterocycles. The number of carbonyl (C=O) groups excluding carboxylic acids is 2. The quantitative estimate of drug-likeness (QED) is 0.593. The molecule has 1 aromatic rings. The SMILES string of the molecule is CC(NC(=O)C(C)(C)C)c1cc(Cl)c(C(=O)NO)s1. The van der Waals surface area contributed by atoms with Crippen LogP contribution in [0.5, 0.6) is 0 Å². The van der Waals surface area contributed by atoms with Crippen LogP contribution in [-0.4, -0.2) is 17.0 Å². The fourth-order valence-corrected chi connectivity index (χ4v) is 2.62. The number of halogens is 1. The number of hydrogen-bond donors (Lipinski definition) is 3. The van der Waals surface area contributed by atoms with Gasteiger partial charge in [0.2, 0.25) is 5.91 Å². The molecule has 1 atom stereocenters. The summed E-state index contributed by atoms with van der Waals surface area (Å²) in [5.41, 5.74) is 1.05. The molecule has 7 heteroatoms. The van der Waals surface area contributed by atoms with E-state index in [1.807, 2.05) is 27.7 Å². The first-order valence-electron chi connectivity index (χ1n) is 5.71. The Hall–Kier alpha value is -1.11. The Morgan fingerprint density at radius 1 is 1.42 bits per heavy atom. The highest BCUT2D eigenvalue weighted by atomic mass is 35.5. The summed E-state index contributed by atoms with van der Waals surface area (Å²) < 4.78 is 0. The van der Waals surface area contributed by atoms with Crippen molar-refractivity contribution in [3.63, 3.8) is 0 Å². The van der Waals surface area contributed by atoms with Gasteiger partial charge in [-0.15, -0.1) is 11.3 Å². The second-order valence-corrected chi connectivity index (χ2v) is 6.70. The summed E-state index contributed by atoms with van der Waals surface area (Å²) >= 11 is 7.05. The average Bonchev–Trinajstić information content (AvgIpc) is 2.69. The van der Waals surface area contributed by atoms with Crippen molar-refractivity contribution < 1.29 is 14.8 Å². The third kappa shape index (κ3) is 3.92. The lowest BCUT2D eigenvalue weighted by Gasteiger charge is -2.21. The Balaban J connectivity index is 2.87. The Morgan fingerprint density at radius 2 is 2.00 bits per heavy atom. The predicted molar refractivity (Wildman–Crippen MR) is 74.6 cm³/mol. The second-order valence-electron chi connectivity index (χ2n) is 5.21. The smallest absolute Gasteiger partial charge is 0.286 e. The molecule has 1 unspecified atom stereocenters. The van der Waals surface area contributed by atoms with Crippen LogP contribution in [0.2, 0.25) is 5.02 Å². The largest absolute Gasteiger partial charge is 0.348 e. The van der Waals surface area contributed by atoms with Crippen molar-refractivity contribution >= 4 is 34.8 Å². The van der Waals surface area contributed by atoms with Gasteiger partial charge in [-0.05, 0) is 13.0 Å². The fraction of sp³-hybridized carbons (Fsp3) is 0.500. The summed E-state index contributed by atoms with van der Waals surface area (Å²) in [6.07, 6.45) is 0. The Kier molecular flexibility index (Phi) is 4.95. The first-order chi connectivity index (χ1) is 8.66. The summed E-state index contributed by atoms with van der Waals surface area (Å²) in [5, 5.41) is 11.7. The van der Waals surface area contributed by atoms with Crippen LogP contribution in [0.1, 0.15) is 48.3 Å². The molecule has 3 N–H and O–H groups in total. The topological polar surface area (TPSA) is 78.4 Å². The lowest BCUT2D eigenvalue weighted by Crippen LogP contribution is -2.36. The van der Waals surface area contributed by atoms with E-state index >= 15 is 0 Å². The first-order valence-corrected chi connectivity index (χ1v) is 6.91. The van der Waals surface area contributed by atoms with Gasteiger partial charge in [0.05, 0.1) is 11.1 Å². The fourth-order valence-electron chi connectivity index (χ4n) is 1.29. The highest BCUT2D eigenvalue weighted by Crippen LogP contribution is 2.31. The van der Waals surface area contributed by atoms with Gasteiger partial charge in [-0.25, -0.2) is 5.48 Å². The van der Waals surface area contributed by atoms with Gasteiger partial charge in [0.25, 0.3) is 5.91 Å². The Labute approximate surface area is 120 Å². The molecule has 19 heavy (non-hydrogen) atoms. The van der Waals surface area contributed by atoms with E-state index in [1.165, 1.54) is 5.48 Å². The van der Waals surface area contributed by atoms with Gasteiger partial charge in [0.1, 0.15) is 4.88 Å². The zero-order chi connectivity index (χ0) is 14.8. The summed E-state index contributed by atoms with van der Waals surface area (Å²) in [5.74, 6) is -0.742. The van der Waals surface area contributed by atoms with E-state index in [-0.39, 0.29) is 21.8 Å². The number of nitrogens with one attached hydrogen (secondary N) is 2. The summed E-state index contributed by atoms with van der Waals surface area (Å²) in [4.78, 5) is 24.2. The molecule has 0 spiro atoms. The van der Waals surface area contributed by atoms with Crippen molar-refractivity contribution in [2.45, 2.75) is 33.7 Å². The molecule has 0 fully saturated rings. The molecule has 1 aromatic heterocycles. The normalized spacial score (nSPS) is 12.9. The van der Waals surface area contributed by atoms with Gasteiger partial charge >= 0.3 is 0 Å². The minimum absolute atomic E-state index is 0.0855. The van der Waals surface area contributed by atoms with E-state index in [0.717, 1.165) is 16.2 Å². The van der Waals surface area contributed by atoms with Crippen LogP contribution in [-0.2, 0) is 4.79 Å². The highest BCUT2D eigenvalue weighted by molar-refractivity contribution is 7.14. The average molecular weight is 305 g/mol. The molecule has 0 bridgehead atoms. The van der Waals surface area contributed by atoms with Crippen molar-refractivity contribution in [2.24, 2.45) is 5.41 Å². The number of rotatable bonds is 3. The molecule has 1 rings (SSSR count). The molecular weight excluding hydrogens is 288 g/mol. The van der Waals surface area contributed by atoms with Crippen LogP contribution >= 0.6 is 22.9 Å². The van der Waals surface area contributed by atoms with Gasteiger partial charge in [0.15, 0.2) is 0 Å². The molecular formula is C12H17ClN2O3S. The third-order valence-electron chi connectivity index (χ3n) is 2.47. The summed E-state index contributed by atoms with van der Waals surface area (Å²) in [7, 11) is 0. The maximum Gasteiger partial charge on any atom is 0.286 e. The standard InChI is InChI=1S/C12H17ClN2O3S/c1-6(14-11(17)12(2,3)4)8-5-7(13)9(19-8)10(16)15-18/h5-6,18H,1-4H3,(H,14,17)(H,15,16). The lowest BCUT2D eigenvalue weighted by atomic mass is 9.95. The summed E-state index contributed by atoms with van der Waals surface area (Å²) in [6.45, 7) is 7.27. The van der Waals surface area contributed by atoms with Gasteiger partial charge in [-0.3, -0.25) is 14.8 Å². The van der Waals surface area contributed by atoms with E-state index in [9.17, 15) is 9.59 Å². The molecule has 0 radical (unpaired) electrons. The van der Waals surface area contributed by atoms with Gasteiger partial charge in [-0.1, -0.05) is 32.4 Å².